The van der Waals surface area contributed by atoms with Gasteiger partial charge in [0.25, 0.3) is 0 Å². The molecule has 0 aliphatic heterocycles. The van der Waals surface area contributed by atoms with Crippen molar-refractivity contribution in [2.75, 3.05) is 5.32 Å². The predicted molar refractivity (Wildman–Crippen MR) is 118 cm³/mol. The van der Waals surface area contributed by atoms with Gasteiger partial charge in [0.05, 0.1) is 15.8 Å². The van der Waals surface area contributed by atoms with E-state index in [2.05, 4.69) is 48.6 Å². The predicted octanol–water partition coefficient (Wildman–Crippen LogP) is 4.93. The van der Waals surface area contributed by atoms with E-state index in [0.717, 1.165) is 20.8 Å². The summed E-state index contributed by atoms with van der Waals surface area (Å²) in [6.07, 6.45) is 0. The Morgan fingerprint density at radius 1 is 1.44 bits per heavy atom. The lowest BCUT2D eigenvalue weighted by molar-refractivity contribution is -0.115. The van der Waals surface area contributed by atoms with Crippen LogP contribution in [0.25, 0.3) is 10.7 Å². The minimum Gasteiger partial charge on any atom is -0.303 e. The number of nitrogens with one attached hydrogen (secondary N) is 2. The number of aromatic nitrogens is 4. The van der Waals surface area contributed by atoms with Gasteiger partial charge in [0.2, 0.25) is 5.91 Å². The summed E-state index contributed by atoms with van der Waals surface area (Å²) in [7, 11) is 1.85. The molecule has 1 amide bonds. The molecule has 0 radical (unpaired) electrons. The number of hydrogen-bond acceptors (Lipinski definition) is 6. The zero-order valence-corrected chi connectivity index (χ0v) is 19.0. The lowest BCUT2D eigenvalue weighted by Gasteiger charge is -2.10. The number of aromatic amines is 1. The molecule has 0 saturated carbocycles. The first-order valence-corrected chi connectivity index (χ1v) is 11.2. The van der Waals surface area contributed by atoms with Gasteiger partial charge < -0.3 is 9.88 Å². The maximum Gasteiger partial charge on any atom is 0.238 e. The second-order valence-corrected chi connectivity index (χ2v) is 9.54. The number of carbonyl (C=O) groups is 1. The van der Waals surface area contributed by atoms with Gasteiger partial charge in [-0.2, -0.15) is 5.10 Å². The van der Waals surface area contributed by atoms with Gasteiger partial charge in [-0.15, -0.1) is 11.8 Å². The lowest BCUT2D eigenvalue weighted by atomic mass is 10.2. The van der Waals surface area contributed by atoms with Gasteiger partial charge in [-0.05, 0) is 43.8 Å². The molecule has 0 saturated heterocycles. The number of H-pyrrole nitrogens is 1. The molecule has 1 aromatic carbocycles. The van der Waals surface area contributed by atoms with Crippen molar-refractivity contribution in [3.8, 4) is 10.7 Å². The number of thiazole rings is 1. The average molecular weight is 484 g/mol. The molecule has 10 heteroatoms. The van der Waals surface area contributed by atoms with E-state index < -0.39 is 0 Å². The normalized spacial score (nSPS) is 12.1. The highest BCUT2D eigenvalue weighted by Gasteiger charge is 2.19. The first-order chi connectivity index (χ1) is 12.8. The molecule has 0 aliphatic rings. The quantitative estimate of drug-likeness (QED) is 0.485. The van der Waals surface area contributed by atoms with E-state index in [4.69, 9.17) is 12.2 Å². The summed E-state index contributed by atoms with van der Waals surface area (Å²) < 4.78 is 3.38. The number of aryl methyl sites for hydroxylation is 1. The fourth-order valence-corrected chi connectivity index (χ4v) is 4.53. The topological polar surface area (TPSA) is 75.6 Å². The number of carbonyl (C=O) groups excluding carboxylic acids is 1. The minimum absolute atomic E-state index is 0.0622. The monoisotopic (exact) mass is 483 g/mol. The van der Waals surface area contributed by atoms with Crippen LogP contribution in [0.3, 0.4) is 0 Å². The summed E-state index contributed by atoms with van der Waals surface area (Å²) in [5.41, 5.74) is 1.99. The summed E-state index contributed by atoms with van der Waals surface area (Å²) in [6.45, 7) is 3.79. The minimum atomic E-state index is -0.193. The molecule has 2 heterocycles. The zero-order valence-electron chi connectivity index (χ0n) is 14.9. The Bertz CT molecular complexity index is 1010. The van der Waals surface area contributed by atoms with Gasteiger partial charge >= 0.3 is 0 Å². The molecule has 1 unspecified atom stereocenters. The van der Waals surface area contributed by atoms with E-state index in [1.165, 1.54) is 16.9 Å². The molecule has 142 valence electrons. The summed E-state index contributed by atoms with van der Waals surface area (Å²) in [6, 6.07) is 8.11. The van der Waals surface area contributed by atoms with Crippen LogP contribution in [-0.2, 0) is 17.6 Å². The van der Waals surface area contributed by atoms with E-state index in [9.17, 15) is 4.79 Å². The van der Waals surface area contributed by atoms with Crippen LogP contribution in [-0.4, -0.2) is 30.9 Å². The third kappa shape index (κ3) is 4.87. The van der Waals surface area contributed by atoms with E-state index in [1.54, 1.807) is 16.3 Å². The standard InChI is InChI=1S/C17H18BrN5OS3/c1-9-13(14-21-22-17(25)23(14)3)27-16(19-9)20-15(24)10(2)26-8-11-4-6-12(18)7-5-11/h4-7,10H,8H2,1-3H3,(H,22,25)(H,19,20,24). The molecule has 2 N–H and O–H groups in total. The van der Waals surface area contributed by atoms with Crippen LogP contribution in [0.2, 0.25) is 0 Å². The molecule has 1 atom stereocenters. The molecule has 6 nitrogen and oxygen atoms in total. The Kier molecular flexibility index (Phi) is 6.51. The Labute approximate surface area is 178 Å². The fourth-order valence-electron chi connectivity index (χ4n) is 2.29. The van der Waals surface area contributed by atoms with Gasteiger partial charge in [0.15, 0.2) is 15.7 Å². The van der Waals surface area contributed by atoms with Crippen molar-refractivity contribution in [1.29, 1.82) is 0 Å². The number of nitrogens with zero attached hydrogens (tertiary/aromatic N) is 3. The van der Waals surface area contributed by atoms with Crippen molar-refractivity contribution < 1.29 is 4.79 Å². The highest BCUT2D eigenvalue weighted by atomic mass is 79.9. The highest BCUT2D eigenvalue weighted by molar-refractivity contribution is 9.10. The molecule has 3 rings (SSSR count). The second-order valence-electron chi connectivity index (χ2n) is 5.91. The first kappa shape index (κ1) is 20.2. The third-order valence-electron chi connectivity index (χ3n) is 3.89. The molecule has 0 fully saturated rings. The Morgan fingerprint density at radius 2 is 2.15 bits per heavy atom. The van der Waals surface area contributed by atoms with Crippen molar-refractivity contribution in [1.82, 2.24) is 19.7 Å². The van der Waals surface area contributed by atoms with E-state index >= 15 is 0 Å². The zero-order chi connectivity index (χ0) is 19.6. The highest BCUT2D eigenvalue weighted by Crippen LogP contribution is 2.31. The van der Waals surface area contributed by atoms with Crippen LogP contribution in [0.15, 0.2) is 28.7 Å². The number of benzene rings is 1. The SMILES string of the molecule is Cc1nc(NC(=O)C(C)SCc2ccc(Br)cc2)sc1-c1n[nH]c(=S)n1C. The summed E-state index contributed by atoms with van der Waals surface area (Å²) in [4.78, 5) is 17.8. The van der Waals surface area contributed by atoms with Crippen molar-refractivity contribution in [2.45, 2.75) is 24.9 Å². The van der Waals surface area contributed by atoms with Crippen molar-refractivity contribution in [3.05, 3.63) is 44.8 Å². The molecule has 0 aliphatic carbocycles. The lowest BCUT2D eigenvalue weighted by Crippen LogP contribution is -2.22. The van der Waals surface area contributed by atoms with Gasteiger partial charge in [-0.25, -0.2) is 4.98 Å². The fraction of sp³-hybridized carbons (Fsp3) is 0.294. The molecule has 27 heavy (non-hydrogen) atoms. The van der Waals surface area contributed by atoms with E-state index in [1.807, 2.05) is 33.0 Å². The number of hydrogen-bond donors (Lipinski definition) is 2. The molecule has 0 spiro atoms. The average Bonchev–Trinajstić information content (AvgIpc) is 3.16. The van der Waals surface area contributed by atoms with E-state index in [-0.39, 0.29) is 11.2 Å². The molecular formula is C17H18BrN5OS3. The van der Waals surface area contributed by atoms with Crippen LogP contribution < -0.4 is 5.32 Å². The summed E-state index contributed by atoms with van der Waals surface area (Å²) in [5.74, 6) is 1.43. The number of halogens is 1. The summed E-state index contributed by atoms with van der Waals surface area (Å²) >= 11 is 11.6. The van der Waals surface area contributed by atoms with Crippen LogP contribution in [0.1, 0.15) is 18.2 Å². The van der Waals surface area contributed by atoms with Crippen molar-refractivity contribution in [3.63, 3.8) is 0 Å². The van der Waals surface area contributed by atoms with E-state index in [0.29, 0.717) is 15.7 Å². The number of amides is 1. The van der Waals surface area contributed by atoms with Crippen LogP contribution >= 0.6 is 51.2 Å². The maximum absolute atomic E-state index is 12.5. The Morgan fingerprint density at radius 3 is 2.78 bits per heavy atom. The number of thioether (sulfide) groups is 1. The van der Waals surface area contributed by atoms with Gasteiger partial charge in [0, 0.05) is 17.3 Å². The Hall–Kier alpha value is -1.49. The molecule has 3 aromatic rings. The van der Waals surface area contributed by atoms with Gasteiger partial charge in [-0.1, -0.05) is 39.4 Å². The second kappa shape index (κ2) is 8.68. The van der Waals surface area contributed by atoms with Crippen LogP contribution in [0, 0.1) is 11.7 Å². The van der Waals surface area contributed by atoms with Crippen LogP contribution in [0.5, 0.6) is 0 Å². The molecule has 2 aromatic heterocycles. The number of rotatable bonds is 6. The first-order valence-electron chi connectivity index (χ1n) is 8.11. The van der Waals surface area contributed by atoms with Crippen molar-refractivity contribution >= 4 is 62.3 Å². The third-order valence-corrected chi connectivity index (χ3v) is 7.07. The van der Waals surface area contributed by atoms with Gasteiger partial charge in [0.1, 0.15) is 0 Å². The van der Waals surface area contributed by atoms with Crippen molar-refractivity contribution in [2.24, 2.45) is 7.05 Å². The largest absolute Gasteiger partial charge is 0.303 e. The molecule has 0 bridgehead atoms. The number of anilines is 1. The smallest absolute Gasteiger partial charge is 0.238 e. The Balaban J connectivity index is 1.63. The summed E-state index contributed by atoms with van der Waals surface area (Å²) in [5, 5.41) is 10.3. The van der Waals surface area contributed by atoms with Crippen LogP contribution in [0.4, 0.5) is 5.13 Å². The molecular weight excluding hydrogens is 466 g/mol. The maximum atomic E-state index is 12.5. The van der Waals surface area contributed by atoms with Gasteiger partial charge in [-0.3, -0.25) is 9.89 Å².